The molecule has 1 atom stereocenters. The van der Waals surface area contributed by atoms with Crippen molar-refractivity contribution in [3.63, 3.8) is 0 Å². The predicted octanol–water partition coefficient (Wildman–Crippen LogP) is 3.24. The van der Waals surface area contributed by atoms with Crippen molar-refractivity contribution in [2.24, 2.45) is 5.16 Å². The first-order valence-electron chi connectivity index (χ1n) is 9.74. The maximum Gasteiger partial charge on any atom is 0.231 e. The molecule has 0 radical (unpaired) electrons. The maximum absolute atomic E-state index is 9.91. The average molecular weight is 414 g/mol. The van der Waals surface area contributed by atoms with Crippen LogP contribution in [-0.2, 0) is 6.42 Å². The summed E-state index contributed by atoms with van der Waals surface area (Å²) in [4.78, 5) is 2.23. The molecule has 1 N–H and O–H groups in total. The summed E-state index contributed by atoms with van der Waals surface area (Å²) < 4.78 is 27.9. The molecule has 2 aliphatic heterocycles. The van der Waals surface area contributed by atoms with Gasteiger partial charge in [0.05, 0.1) is 27.0 Å². The van der Waals surface area contributed by atoms with Crippen molar-refractivity contribution in [3.8, 4) is 28.7 Å². The molecule has 160 valence electrons. The van der Waals surface area contributed by atoms with E-state index in [-0.39, 0.29) is 12.8 Å². The van der Waals surface area contributed by atoms with E-state index in [4.69, 9.17) is 23.7 Å². The normalized spacial score (nSPS) is 18.1. The molecule has 2 aliphatic rings. The monoisotopic (exact) mass is 414 g/mol. The largest absolute Gasteiger partial charge is 0.497 e. The van der Waals surface area contributed by atoms with Crippen LogP contribution in [0.2, 0.25) is 0 Å². The smallest absolute Gasteiger partial charge is 0.231 e. The Balaban J connectivity index is 1.77. The third-order valence-electron chi connectivity index (χ3n) is 5.77. The van der Waals surface area contributed by atoms with E-state index in [2.05, 4.69) is 17.1 Å². The van der Waals surface area contributed by atoms with Gasteiger partial charge in [0.15, 0.2) is 11.5 Å². The van der Waals surface area contributed by atoms with E-state index in [1.54, 1.807) is 27.4 Å². The van der Waals surface area contributed by atoms with E-state index in [9.17, 15) is 5.21 Å². The number of hydrogen-bond donors (Lipinski definition) is 1. The van der Waals surface area contributed by atoms with E-state index in [1.807, 2.05) is 18.2 Å². The van der Waals surface area contributed by atoms with E-state index in [0.717, 1.165) is 24.1 Å². The number of oxime groups is 1. The topological polar surface area (TPSA) is 82.0 Å². The molecule has 0 bridgehead atoms. The van der Waals surface area contributed by atoms with Crippen molar-refractivity contribution < 1.29 is 28.9 Å². The Morgan fingerprint density at radius 3 is 2.70 bits per heavy atom. The first kappa shape index (κ1) is 20.2. The summed E-state index contributed by atoms with van der Waals surface area (Å²) >= 11 is 0. The van der Waals surface area contributed by atoms with Crippen LogP contribution >= 0.6 is 0 Å². The van der Waals surface area contributed by atoms with Gasteiger partial charge in [0.25, 0.3) is 0 Å². The predicted molar refractivity (Wildman–Crippen MR) is 111 cm³/mol. The zero-order valence-corrected chi connectivity index (χ0v) is 17.6. The maximum atomic E-state index is 9.91. The SMILES string of the molecule is COc1ccc(OC)c(C(C[C@H]2c3c(cc4c(c3OC)OCO4)CCN2C)=NO)c1. The second kappa shape index (κ2) is 8.31. The molecular formula is C22H26N2O6. The van der Waals surface area contributed by atoms with Gasteiger partial charge in [0.1, 0.15) is 11.5 Å². The summed E-state index contributed by atoms with van der Waals surface area (Å²) in [6, 6.07) is 7.37. The molecule has 0 aliphatic carbocycles. The van der Waals surface area contributed by atoms with Crippen molar-refractivity contribution in [1.82, 2.24) is 4.90 Å². The summed E-state index contributed by atoms with van der Waals surface area (Å²) in [5.41, 5.74) is 3.35. The van der Waals surface area contributed by atoms with Gasteiger partial charge in [-0.1, -0.05) is 5.16 Å². The number of fused-ring (bicyclic) bond motifs is 2. The van der Waals surface area contributed by atoms with Gasteiger partial charge in [-0.05, 0) is 43.3 Å². The van der Waals surface area contributed by atoms with Crippen molar-refractivity contribution >= 4 is 5.71 Å². The van der Waals surface area contributed by atoms with Crippen LogP contribution in [0, 0.1) is 0 Å². The number of likely N-dealkylation sites (N-methyl/N-ethyl adjacent to an activating group) is 1. The van der Waals surface area contributed by atoms with Gasteiger partial charge in [-0.15, -0.1) is 0 Å². The van der Waals surface area contributed by atoms with E-state index < -0.39 is 0 Å². The van der Waals surface area contributed by atoms with E-state index >= 15 is 0 Å². The first-order valence-corrected chi connectivity index (χ1v) is 9.74. The molecule has 0 unspecified atom stereocenters. The zero-order chi connectivity index (χ0) is 21.3. The molecule has 2 aromatic carbocycles. The molecule has 0 amide bonds. The highest BCUT2D eigenvalue weighted by atomic mass is 16.7. The van der Waals surface area contributed by atoms with Gasteiger partial charge in [-0.2, -0.15) is 0 Å². The van der Waals surface area contributed by atoms with Gasteiger partial charge in [0, 0.05) is 30.1 Å². The van der Waals surface area contributed by atoms with Crippen molar-refractivity contribution in [2.75, 3.05) is 41.7 Å². The Morgan fingerprint density at radius 2 is 2.00 bits per heavy atom. The zero-order valence-electron chi connectivity index (χ0n) is 17.6. The molecule has 8 nitrogen and oxygen atoms in total. The Bertz CT molecular complexity index is 975. The fourth-order valence-corrected chi connectivity index (χ4v) is 4.21. The van der Waals surface area contributed by atoms with Gasteiger partial charge >= 0.3 is 0 Å². The van der Waals surface area contributed by atoms with Crippen LogP contribution in [0.1, 0.15) is 29.2 Å². The molecule has 30 heavy (non-hydrogen) atoms. The van der Waals surface area contributed by atoms with E-state index in [1.165, 1.54) is 0 Å². The Labute approximate surface area is 175 Å². The highest BCUT2D eigenvalue weighted by molar-refractivity contribution is 6.03. The van der Waals surface area contributed by atoms with Crippen LogP contribution in [0.4, 0.5) is 0 Å². The molecule has 8 heteroatoms. The number of rotatable bonds is 6. The fraction of sp³-hybridized carbons (Fsp3) is 0.409. The number of hydrogen-bond acceptors (Lipinski definition) is 8. The van der Waals surface area contributed by atoms with Gasteiger partial charge in [-0.25, -0.2) is 0 Å². The van der Waals surface area contributed by atoms with E-state index in [0.29, 0.717) is 46.4 Å². The lowest BCUT2D eigenvalue weighted by Gasteiger charge is -2.36. The molecule has 0 saturated heterocycles. The van der Waals surface area contributed by atoms with Crippen molar-refractivity contribution in [3.05, 3.63) is 41.0 Å². The second-order valence-corrected chi connectivity index (χ2v) is 7.28. The summed E-state index contributed by atoms with van der Waals surface area (Å²) in [6.45, 7) is 1.04. The Kier molecular flexibility index (Phi) is 5.59. The fourth-order valence-electron chi connectivity index (χ4n) is 4.21. The molecule has 0 spiro atoms. The van der Waals surface area contributed by atoms with Crippen LogP contribution in [-0.4, -0.2) is 57.5 Å². The Hall–Kier alpha value is -3.13. The Morgan fingerprint density at radius 1 is 1.17 bits per heavy atom. The molecule has 2 heterocycles. The lowest BCUT2D eigenvalue weighted by Crippen LogP contribution is -2.34. The molecule has 0 fully saturated rings. The highest BCUT2D eigenvalue weighted by Crippen LogP contribution is 2.50. The van der Waals surface area contributed by atoms with Crippen LogP contribution in [0.25, 0.3) is 0 Å². The average Bonchev–Trinajstić information content (AvgIpc) is 3.25. The standard InChI is InChI=1S/C22H26N2O6/c1-24-8-7-13-9-19-21(30-12-29-19)22(28-4)20(13)17(24)11-16(23-25)15-10-14(26-2)5-6-18(15)27-3/h5-6,9-10,17,25H,7-8,11-12H2,1-4H3/t17-/m0/s1. The van der Waals surface area contributed by atoms with Gasteiger partial charge in [0.2, 0.25) is 12.5 Å². The molecular weight excluding hydrogens is 388 g/mol. The van der Waals surface area contributed by atoms with Crippen molar-refractivity contribution in [1.29, 1.82) is 0 Å². The highest BCUT2D eigenvalue weighted by Gasteiger charge is 2.35. The van der Waals surface area contributed by atoms with Crippen LogP contribution in [0.5, 0.6) is 28.7 Å². The number of ether oxygens (including phenoxy) is 5. The third kappa shape index (κ3) is 3.37. The third-order valence-corrected chi connectivity index (χ3v) is 5.77. The molecule has 2 aromatic rings. The van der Waals surface area contributed by atoms with Crippen LogP contribution in [0.3, 0.4) is 0 Å². The first-order chi connectivity index (χ1) is 14.6. The summed E-state index contributed by atoms with van der Waals surface area (Å²) in [6.07, 6.45) is 1.31. The summed E-state index contributed by atoms with van der Waals surface area (Å²) in [7, 11) is 6.87. The summed E-state index contributed by atoms with van der Waals surface area (Å²) in [5.74, 6) is 3.27. The van der Waals surface area contributed by atoms with Crippen molar-refractivity contribution in [2.45, 2.75) is 18.9 Å². The lowest BCUT2D eigenvalue weighted by atomic mass is 9.87. The minimum absolute atomic E-state index is 0.0833. The van der Waals surface area contributed by atoms with Crippen LogP contribution < -0.4 is 23.7 Å². The number of methoxy groups -OCH3 is 3. The lowest BCUT2D eigenvalue weighted by molar-refractivity contribution is 0.170. The minimum Gasteiger partial charge on any atom is -0.497 e. The van der Waals surface area contributed by atoms with Crippen LogP contribution in [0.15, 0.2) is 29.4 Å². The number of nitrogens with zero attached hydrogens (tertiary/aromatic N) is 2. The van der Waals surface area contributed by atoms with Gasteiger partial charge in [-0.3, -0.25) is 4.90 Å². The second-order valence-electron chi connectivity index (χ2n) is 7.28. The van der Waals surface area contributed by atoms with Gasteiger partial charge < -0.3 is 28.9 Å². The number of benzene rings is 2. The summed E-state index contributed by atoms with van der Waals surface area (Å²) in [5, 5.41) is 13.5. The molecule has 4 rings (SSSR count). The quantitative estimate of drug-likeness (QED) is 0.441. The molecule has 0 aromatic heterocycles. The minimum atomic E-state index is -0.0833. The molecule has 0 saturated carbocycles.